The van der Waals surface area contributed by atoms with Crippen LogP contribution < -0.4 is 5.32 Å². The average Bonchev–Trinajstić information content (AvgIpc) is 2.64. The van der Waals surface area contributed by atoms with Gasteiger partial charge < -0.3 is 5.32 Å². The van der Waals surface area contributed by atoms with E-state index in [4.69, 9.17) is 11.6 Å². The first-order valence-corrected chi connectivity index (χ1v) is 8.56. The van der Waals surface area contributed by atoms with E-state index < -0.39 is 18.1 Å². The molecule has 0 aliphatic carbocycles. The van der Waals surface area contributed by atoms with Crippen LogP contribution in [0, 0.1) is 0 Å². The van der Waals surface area contributed by atoms with Crippen LogP contribution in [0.5, 0.6) is 0 Å². The fourth-order valence-corrected chi connectivity index (χ4v) is 3.50. The molecule has 0 fully saturated rings. The average molecular weight is 434 g/mol. The number of carbonyl (C=O) groups is 1. The van der Waals surface area contributed by atoms with Crippen molar-refractivity contribution in [1.29, 1.82) is 0 Å². The molecular formula is C17H13BrClF3N2O. The smallest absolute Gasteiger partial charge is 0.325 e. The second-order valence-corrected chi connectivity index (χ2v) is 7.01. The molecule has 0 radical (unpaired) electrons. The zero-order valence-corrected chi connectivity index (χ0v) is 15.1. The molecule has 0 aromatic heterocycles. The lowest BCUT2D eigenvalue weighted by atomic mass is 10.0. The number of alkyl halides is 3. The molecule has 25 heavy (non-hydrogen) atoms. The van der Waals surface area contributed by atoms with E-state index >= 15 is 0 Å². The number of hydrogen-bond acceptors (Lipinski definition) is 2. The molecule has 2 aromatic carbocycles. The number of anilines is 1. The van der Waals surface area contributed by atoms with Crippen LogP contribution in [0.4, 0.5) is 18.9 Å². The van der Waals surface area contributed by atoms with Crippen molar-refractivity contribution in [3.05, 3.63) is 63.1 Å². The van der Waals surface area contributed by atoms with Crippen LogP contribution in [-0.2, 0) is 11.3 Å². The number of halogens is 5. The highest BCUT2D eigenvalue weighted by molar-refractivity contribution is 9.10. The molecule has 1 amide bonds. The number of nitrogens with zero attached hydrogens (tertiary/aromatic N) is 1. The van der Waals surface area contributed by atoms with E-state index in [0.29, 0.717) is 10.0 Å². The summed E-state index contributed by atoms with van der Waals surface area (Å²) in [5.74, 6) is -0.498. The molecule has 2 aromatic rings. The third kappa shape index (κ3) is 3.99. The molecule has 0 saturated carbocycles. The summed E-state index contributed by atoms with van der Waals surface area (Å²) in [5, 5.41) is 2.72. The van der Waals surface area contributed by atoms with E-state index in [1.165, 1.54) is 18.2 Å². The number of benzene rings is 2. The number of rotatable bonds is 2. The van der Waals surface area contributed by atoms with Crippen LogP contribution in [0.15, 0.2) is 46.9 Å². The fourth-order valence-electron chi connectivity index (χ4n) is 2.91. The third-order valence-corrected chi connectivity index (χ3v) is 4.94. The molecule has 1 atom stereocenters. The quantitative estimate of drug-likeness (QED) is 0.709. The van der Waals surface area contributed by atoms with Crippen molar-refractivity contribution < 1.29 is 18.0 Å². The zero-order valence-electron chi connectivity index (χ0n) is 12.8. The Morgan fingerprint density at radius 2 is 1.96 bits per heavy atom. The SMILES string of the molecule is O=C1CN(Cc2ccccc2Br)C(C(F)(F)F)c2cc(Cl)ccc2N1. The lowest BCUT2D eigenvalue weighted by molar-refractivity contribution is -0.187. The predicted molar refractivity (Wildman–Crippen MR) is 93.4 cm³/mol. The first-order valence-electron chi connectivity index (χ1n) is 7.39. The molecule has 8 heteroatoms. The Labute approximate surface area is 155 Å². The molecule has 3 nitrogen and oxygen atoms in total. The zero-order chi connectivity index (χ0) is 18.2. The van der Waals surface area contributed by atoms with Gasteiger partial charge in [-0.15, -0.1) is 0 Å². The summed E-state index contributed by atoms with van der Waals surface area (Å²) in [6.07, 6.45) is -4.56. The maximum atomic E-state index is 13.9. The van der Waals surface area contributed by atoms with Gasteiger partial charge in [0, 0.05) is 27.3 Å². The summed E-state index contributed by atoms with van der Waals surface area (Å²) in [4.78, 5) is 13.2. The van der Waals surface area contributed by atoms with E-state index in [1.807, 2.05) is 0 Å². The van der Waals surface area contributed by atoms with Crippen molar-refractivity contribution in [2.45, 2.75) is 18.8 Å². The molecule has 1 unspecified atom stereocenters. The third-order valence-electron chi connectivity index (χ3n) is 3.94. The van der Waals surface area contributed by atoms with Crippen LogP contribution in [0.2, 0.25) is 5.02 Å². The van der Waals surface area contributed by atoms with Crippen molar-refractivity contribution in [3.63, 3.8) is 0 Å². The van der Waals surface area contributed by atoms with E-state index in [1.54, 1.807) is 24.3 Å². The van der Waals surface area contributed by atoms with E-state index in [0.717, 1.165) is 4.90 Å². The maximum Gasteiger partial charge on any atom is 0.408 e. The van der Waals surface area contributed by atoms with E-state index in [9.17, 15) is 18.0 Å². The predicted octanol–water partition coefficient (Wildman–Crippen LogP) is 5.16. The normalized spacial score (nSPS) is 18.4. The number of amides is 1. The molecule has 0 saturated heterocycles. The van der Waals surface area contributed by atoms with Crippen molar-refractivity contribution in [2.75, 3.05) is 11.9 Å². The summed E-state index contributed by atoms with van der Waals surface area (Å²) in [6.45, 7) is -0.414. The van der Waals surface area contributed by atoms with Gasteiger partial charge in [-0.2, -0.15) is 13.2 Å². The monoisotopic (exact) mass is 432 g/mol. The Kier molecular flexibility index (Phi) is 5.09. The molecule has 0 bridgehead atoms. The van der Waals surface area contributed by atoms with Gasteiger partial charge in [0.15, 0.2) is 0 Å². The molecular weight excluding hydrogens is 421 g/mol. The molecule has 1 aliphatic rings. The topological polar surface area (TPSA) is 32.3 Å². The standard InChI is InChI=1S/C17H13BrClF3N2O/c18-13-4-2-1-3-10(13)8-24-9-15(25)23-14-6-5-11(19)7-12(14)16(24)17(20,21)22/h1-7,16H,8-9H2,(H,23,25). The van der Waals surface area contributed by atoms with Gasteiger partial charge in [-0.3, -0.25) is 9.69 Å². The van der Waals surface area contributed by atoms with Gasteiger partial charge in [-0.1, -0.05) is 45.7 Å². The first-order chi connectivity index (χ1) is 11.8. The molecule has 1 heterocycles. The Balaban J connectivity index is 2.09. The van der Waals surface area contributed by atoms with Crippen LogP contribution >= 0.6 is 27.5 Å². The molecule has 3 rings (SSSR count). The second kappa shape index (κ2) is 6.97. The van der Waals surface area contributed by atoms with E-state index in [2.05, 4.69) is 21.2 Å². The van der Waals surface area contributed by atoms with Crippen molar-refractivity contribution in [2.24, 2.45) is 0 Å². The number of nitrogens with one attached hydrogen (secondary N) is 1. The highest BCUT2D eigenvalue weighted by Gasteiger charge is 2.47. The lowest BCUT2D eigenvalue weighted by Crippen LogP contribution is -2.40. The van der Waals surface area contributed by atoms with Crippen LogP contribution in [0.25, 0.3) is 0 Å². The van der Waals surface area contributed by atoms with Gasteiger partial charge >= 0.3 is 6.18 Å². The van der Waals surface area contributed by atoms with Gasteiger partial charge in [0.25, 0.3) is 0 Å². The maximum absolute atomic E-state index is 13.9. The Morgan fingerprint density at radius 1 is 1.24 bits per heavy atom. The van der Waals surface area contributed by atoms with Crippen molar-refractivity contribution in [3.8, 4) is 0 Å². The molecule has 0 spiro atoms. The van der Waals surface area contributed by atoms with Crippen LogP contribution in [0.1, 0.15) is 17.2 Å². The number of carbonyl (C=O) groups excluding carboxylic acids is 1. The summed E-state index contributed by atoms with van der Waals surface area (Å²) in [7, 11) is 0. The van der Waals surface area contributed by atoms with Gasteiger partial charge in [0.2, 0.25) is 5.91 Å². The Hall–Kier alpha value is -1.57. The highest BCUT2D eigenvalue weighted by atomic mass is 79.9. The number of hydrogen-bond donors (Lipinski definition) is 1. The number of fused-ring (bicyclic) bond motifs is 1. The minimum atomic E-state index is -4.56. The summed E-state index contributed by atoms with van der Waals surface area (Å²) in [6, 6.07) is 9.17. The van der Waals surface area contributed by atoms with Crippen molar-refractivity contribution >= 4 is 39.1 Å². The van der Waals surface area contributed by atoms with Crippen LogP contribution in [-0.4, -0.2) is 23.5 Å². The largest absolute Gasteiger partial charge is 0.408 e. The summed E-state index contributed by atoms with van der Waals surface area (Å²) in [5.41, 5.74) is 0.735. The van der Waals surface area contributed by atoms with Gasteiger partial charge in [0.1, 0.15) is 6.04 Å². The minimum absolute atomic E-state index is 0.0367. The second-order valence-electron chi connectivity index (χ2n) is 5.72. The molecule has 1 aliphatic heterocycles. The van der Waals surface area contributed by atoms with E-state index in [-0.39, 0.29) is 29.4 Å². The van der Waals surface area contributed by atoms with Crippen LogP contribution in [0.3, 0.4) is 0 Å². The minimum Gasteiger partial charge on any atom is -0.325 e. The molecule has 1 N–H and O–H groups in total. The fraction of sp³-hybridized carbons (Fsp3) is 0.235. The Bertz CT molecular complexity index is 813. The summed E-state index contributed by atoms with van der Waals surface area (Å²) >= 11 is 9.25. The first kappa shape index (κ1) is 18.2. The summed E-state index contributed by atoms with van der Waals surface area (Å²) < 4.78 is 42.3. The van der Waals surface area contributed by atoms with Gasteiger partial charge in [-0.05, 0) is 29.8 Å². The van der Waals surface area contributed by atoms with Gasteiger partial charge in [-0.25, -0.2) is 0 Å². The Morgan fingerprint density at radius 3 is 2.64 bits per heavy atom. The van der Waals surface area contributed by atoms with Crippen molar-refractivity contribution in [1.82, 2.24) is 4.90 Å². The highest BCUT2D eigenvalue weighted by Crippen LogP contribution is 2.43. The molecule has 132 valence electrons. The lowest BCUT2D eigenvalue weighted by Gasteiger charge is -2.31. The van der Waals surface area contributed by atoms with Gasteiger partial charge in [0.05, 0.1) is 6.54 Å².